The first-order valence-corrected chi connectivity index (χ1v) is 7.47. The van der Waals surface area contributed by atoms with E-state index < -0.39 is 5.54 Å². The van der Waals surface area contributed by atoms with Crippen molar-refractivity contribution < 1.29 is 9.59 Å². The van der Waals surface area contributed by atoms with Crippen molar-refractivity contribution in [3.63, 3.8) is 0 Å². The molecule has 20 heavy (non-hydrogen) atoms. The Morgan fingerprint density at radius 3 is 1.95 bits per heavy atom. The van der Waals surface area contributed by atoms with E-state index in [4.69, 9.17) is 0 Å². The van der Waals surface area contributed by atoms with Crippen LogP contribution in [0.25, 0.3) is 0 Å². The summed E-state index contributed by atoms with van der Waals surface area (Å²) in [4.78, 5) is 26.3. The Kier molecular flexibility index (Phi) is 4.29. The Labute approximate surface area is 123 Å². The summed E-state index contributed by atoms with van der Waals surface area (Å²) in [5, 5.41) is 2.79. The van der Waals surface area contributed by atoms with Crippen LogP contribution in [0.4, 0.5) is 4.79 Å². The average Bonchev–Trinajstić information content (AvgIpc) is 2.44. The summed E-state index contributed by atoms with van der Waals surface area (Å²) >= 11 is 0. The van der Waals surface area contributed by atoms with Crippen molar-refractivity contribution >= 4 is 11.9 Å². The van der Waals surface area contributed by atoms with Gasteiger partial charge in [-0.15, -0.1) is 0 Å². The second-order valence-electron chi connectivity index (χ2n) is 8.35. The molecule has 0 radical (unpaired) electrons. The third kappa shape index (κ3) is 3.33. The third-order valence-corrected chi connectivity index (χ3v) is 4.32. The molecule has 4 heteroatoms. The zero-order valence-corrected chi connectivity index (χ0v) is 14.3. The maximum Gasteiger partial charge on any atom is 0.325 e. The summed E-state index contributed by atoms with van der Waals surface area (Å²) < 4.78 is 0. The van der Waals surface area contributed by atoms with Crippen LogP contribution in [0.5, 0.6) is 0 Å². The highest BCUT2D eigenvalue weighted by molar-refractivity contribution is 6.06. The number of nitrogens with one attached hydrogen (secondary N) is 1. The summed E-state index contributed by atoms with van der Waals surface area (Å²) in [6.07, 6.45) is 1.73. The highest BCUT2D eigenvalue weighted by Gasteiger charge is 2.51. The highest BCUT2D eigenvalue weighted by atomic mass is 16.2. The fourth-order valence-electron chi connectivity index (χ4n) is 2.59. The van der Waals surface area contributed by atoms with Gasteiger partial charge in [-0.1, -0.05) is 41.5 Å². The molecular formula is C16H30N2O2. The predicted octanol–water partition coefficient (Wildman–Crippen LogP) is 3.56. The van der Waals surface area contributed by atoms with Gasteiger partial charge in [0.1, 0.15) is 5.54 Å². The Morgan fingerprint density at radius 1 is 1.15 bits per heavy atom. The SMILES string of the molecule is CCC(C)(C)C(CC(C)(C)C)N1C(=O)NC(C)(C)C1=O. The Hall–Kier alpha value is -1.06. The van der Waals surface area contributed by atoms with Crippen molar-refractivity contribution in [3.8, 4) is 0 Å². The van der Waals surface area contributed by atoms with Gasteiger partial charge in [0.15, 0.2) is 0 Å². The van der Waals surface area contributed by atoms with Crippen molar-refractivity contribution in [2.45, 2.75) is 79.8 Å². The fourth-order valence-corrected chi connectivity index (χ4v) is 2.59. The van der Waals surface area contributed by atoms with E-state index >= 15 is 0 Å². The first kappa shape index (κ1) is 17.0. The minimum Gasteiger partial charge on any atom is -0.324 e. The minimum absolute atomic E-state index is 0.0599. The van der Waals surface area contributed by atoms with Crippen molar-refractivity contribution in [2.75, 3.05) is 0 Å². The van der Waals surface area contributed by atoms with Crippen LogP contribution in [0.15, 0.2) is 0 Å². The molecule has 1 rings (SSSR count). The van der Waals surface area contributed by atoms with Gasteiger partial charge in [-0.05, 0) is 37.5 Å². The molecule has 4 nitrogen and oxygen atoms in total. The molecule has 1 N–H and O–H groups in total. The number of amides is 3. The molecule has 1 saturated heterocycles. The first-order chi connectivity index (χ1) is 8.82. The lowest BCUT2D eigenvalue weighted by atomic mass is 9.73. The molecule has 1 aliphatic rings. The van der Waals surface area contributed by atoms with E-state index in [9.17, 15) is 9.59 Å². The van der Waals surface area contributed by atoms with Crippen LogP contribution in [0.1, 0.15) is 68.2 Å². The number of hydrogen-bond acceptors (Lipinski definition) is 2. The summed E-state index contributed by atoms with van der Waals surface area (Å²) in [5.41, 5.74) is -0.831. The van der Waals surface area contributed by atoms with Gasteiger partial charge in [0.25, 0.3) is 5.91 Å². The number of rotatable bonds is 4. The zero-order chi connectivity index (χ0) is 15.9. The van der Waals surface area contributed by atoms with E-state index in [1.807, 2.05) is 0 Å². The summed E-state index contributed by atoms with van der Waals surface area (Å²) in [7, 11) is 0. The van der Waals surface area contributed by atoms with Gasteiger partial charge in [-0.3, -0.25) is 9.69 Å². The van der Waals surface area contributed by atoms with Crippen molar-refractivity contribution in [1.29, 1.82) is 0 Å². The van der Waals surface area contributed by atoms with Crippen molar-refractivity contribution in [1.82, 2.24) is 10.2 Å². The first-order valence-electron chi connectivity index (χ1n) is 7.47. The van der Waals surface area contributed by atoms with E-state index in [1.54, 1.807) is 13.8 Å². The van der Waals surface area contributed by atoms with Crippen LogP contribution in [0.3, 0.4) is 0 Å². The molecule has 0 aromatic rings. The van der Waals surface area contributed by atoms with Gasteiger partial charge >= 0.3 is 6.03 Å². The van der Waals surface area contributed by atoms with E-state index in [2.05, 4.69) is 46.9 Å². The largest absolute Gasteiger partial charge is 0.325 e. The molecule has 0 saturated carbocycles. The normalized spacial score (nSPS) is 21.1. The number of urea groups is 1. The Bertz CT molecular complexity index is 405. The molecule has 0 aliphatic carbocycles. The molecule has 1 fully saturated rings. The van der Waals surface area contributed by atoms with Crippen LogP contribution in [0.2, 0.25) is 0 Å². The van der Waals surface area contributed by atoms with Gasteiger partial charge < -0.3 is 5.32 Å². The Balaban J connectivity index is 3.18. The summed E-state index contributed by atoms with van der Waals surface area (Å²) in [6.45, 7) is 16.4. The maximum atomic E-state index is 12.6. The quantitative estimate of drug-likeness (QED) is 0.802. The van der Waals surface area contributed by atoms with Gasteiger partial charge in [0.2, 0.25) is 0 Å². The molecule has 0 aromatic heterocycles. The van der Waals surface area contributed by atoms with Crippen molar-refractivity contribution in [3.05, 3.63) is 0 Å². The van der Waals surface area contributed by atoms with Crippen molar-refractivity contribution in [2.24, 2.45) is 10.8 Å². The van der Waals surface area contributed by atoms with Crippen LogP contribution in [0, 0.1) is 10.8 Å². The molecule has 0 bridgehead atoms. The molecule has 0 spiro atoms. The van der Waals surface area contributed by atoms with Gasteiger partial charge in [-0.2, -0.15) is 0 Å². The van der Waals surface area contributed by atoms with Gasteiger partial charge in [-0.25, -0.2) is 4.79 Å². The number of hydrogen-bond donors (Lipinski definition) is 1. The van der Waals surface area contributed by atoms with E-state index in [0.29, 0.717) is 0 Å². The molecule has 0 aromatic carbocycles. The number of carbonyl (C=O) groups is 2. The second-order valence-corrected chi connectivity index (χ2v) is 8.35. The second kappa shape index (κ2) is 5.05. The topological polar surface area (TPSA) is 49.4 Å². The molecule has 1 heterocycles. The van der Waals surface area contributed by atoms with Gasteiger partial charge in [0.05, 0.1) is 0 Å². The monoisotopic (exact) mass is 282 g/mol. The lowest BCUT2D eigenvalue weighted by molar-refractivity contribution is -0.134. The smallest absolute Gasteiger partial charge is 0.324 e. The third-order valence-electron chi connectivity index (χ3n) is 4.32. The molecule has 1 unspecified atom stereocenters. The molecule has 1 aliphatic heterocycles. The van der Waals surface area contributed by atoms with Crippen LogP contribution in [-0.2, 0) is 4.79 Å². The van der Waals surface area contributed by atoms with E-state index in [0.717, 1.165) is 12.8 Å². The summed E-state index contributed by atoms with van der Waals surface area (Å²) in [6, 6.07) is -0.336. The summed E-state index contributed by atoms with van der Waals surface area (Å²) in [5.74, 6) is -0.113. The van der Waals surface area contributed by atoms with Crippen LogP contribution in [-0.4, -0.2) is 28.4 Å². The van der Waals surface area contributed by atoms with Crippen LogP contribution >= 0.6 is 0 Å². The van der Waals surface area contributed by atoms with E-state index in [1.165, 1.54) is 4.90 Å². The highest BCUT2D eigenvalue weighted by Crippen LogP contribution is 2.39. The van der Waals surface area contributed by atoms with Gasteiger partial charge in [0, 0.05) is 6.04 Å². The zero-order valence-electron chi connectivity index (χ0n) is 14.3. The lowest BCUT2D eigenvalue weighted by Gasteiger charge is -2.41. The average molecular weight is 282 g/mol. The predicted molar refractivity (Wildman–Crippen MR) is 81.4 cm³/mol. The molecule has 116 valence electrons. The number of nitrogens with zero attached hydrogens (tertiary/aromatic N) is 1. The van der Waals surface area contributed by atoms with E-state index in [-0.39, 0.29) is 28.8 Å². The molecular weight excluding hydrogens is 252 g/mol. The number of imide groups is 1. The van der Waals surface area contributed by atoms with Crippen LogP contribution < -0.4 is 5.32 Å². The minimum atomic E-state index is -0.795. The molecule has 3 amide bonds. The lowest BCUT2D eigenvalue weighted by Crippen LogP contribution is -2.51. The Morgan fingerprint density at radius 2 is 1.65 bits per heavy atom. The maximum absolute atomic E-state index is 12.6. The standard InChI is InChI=1S/C16H30N2O2/c1-9-15(5,6)11(10-14(2,3)4)18-12(19)16(7,8)17-13(18)20/h11H,9-10H2,1-8H3,(H,17,20). The molecule has 1 atom stereocenters. The fraction of sp³-hybridized carbons (Fsp3) is 0.875. The number of carbonyl (C=O) groups excluding carboxylic acids is 2.